The van der Waals surface area contributed by atoms with Gasteiger partial charge in [0, 0.05) is 23.7 Å². The summed E-state index contributed by atoms with van der Waals surface area (Å²) in [5, 5.41) is 7.70. The van der Waals surface area contributed by atoms with Gasteiger partial charge in [-0.1, -0.05) is 6.07 Å². The molecule has 1 saturated heterocycles. The summed E-state index contributed by atoms with van der Waals surface area (Å²) in [7, 11) is 0. The first-order valence-electron chi connectivity index (χ1n) is 8.00. The molecule has 1 aromatic carbocycles. The van der Waals surface area contributed by atoms with E-state index in [9.17, 15) is 4.79 Å². The van der Waals surface area contributed by atoms with Crippen LogP contribution in [-0.4, -0.2) is 29.8 Å². The number of thiazole rings is 1. The predicted molar refractivity (Wildman–Crippen MR) is 93.5 cm³/mol. The SMILES string of the molecule is C[C@H](NC(=O)Nc1cccc(OCc2cscn2)c1)[C@H]1CCCO1. The van der Waals surface area contributed by atoms with Crippen LogP contribution in [0.25, 0.3) is 0 Å². The Morgan fingerprint density at radius 2 is 2.46 bits per heavy atom. The molecular formula is C17H21N3O3S. The second kappa shape index (κ2) is 8.12. The molecule has 0 unspecified atom stereocenters. The van der Waals surface area contributed by atoms with Crippen molar-refractivity contribution in [2.24, 2.45) is 0 Å². The molecule has 0 radical (unpaired) electrons. The largest absolute Gasteiger partial charge is 0.487 e. The van der Waals surface area contributed by atoms with Crippen molar-refractivity contribution in [3.63, 3.8) is 0 Å². The van der Waals surface area contributed by atoms with Crippen LogP contribution in [0.4, 0.5) is 10.5 Å². The smallest absolute Gasteiger partial charge is 0.319 e. The van der Waals surface area contributed by atoms with Gasteiger partial charge in [-0.25, -0.2) is 9.78 Å². The molecule has 7 heteroatoms. The Hall–Kier alpha value is -2.12. The maximum Gasteiger partial charge on any atom is 0.319 e. The molecule has 24 heavy (non-hydrogen) atoms. The lowest BCUT2D eigenvalue weighted by Crippen LogP contribution is -2.42. The van der Waals surface area contributed by atoms with Gasteiger partial charge >= 0.3 is 6.03 Å². The Labute approximate surface area is 145 Å². The number of aromatic nitrogens is 1. The molecule has 0 saturated carbocycles. The van der Waals surface area contributed by atoms with Crippen LogP contribution in [0.5, 0.6) is 5.75 Å². The molecule has 6 nitrogen and oxygen atoms in total. The number of carbonyl (C=O) groups excluding carboxylic acids is 1. The molecule has 1 fully saturated rings. The van der Waals surface area contributed by atoms with Gasteiger partial charge < -0.3 is 20.1 Å². The molecule has 1 aliphatic rings. The number of hydrogen-bond donors (Lipinski definition) is 2. The third-order valence-electron chi connectivity index (χ3n) is 3.84. The Balaban J connectivity index is 1.50. The maximum absolute atomic E-state index is 12.1. The fourth-order valence-electron chi connectivity index (χ4n) is 2.59. The molecule has 1 aromatic heterocycles. The molecule has 2 atom stereocenters. The van der Waals surface area contributed by atoms with E-state index in [4.69, 9.17) is 9.47 Å². The van der Waals surface area contributed by atoms with Gasteiger partial charge in [-0.15, -0.1) is 11.3 Å². The van der Waals surface area contributed by atoms with Crippen LogP contribution >= 0.6 is 11.3 Å². The molecular weight excluding hydrogens is 326 g/mol. The number of nitrogens with zero attached hydrogens (tertiary/aromatic N) is 1. The number of anilines is 1. The first-order valence-corrected chi connectivity index (χ1v) is 8.94. The van der Waals surface area contributed by atoms with E-state index >= 15 is 0 Å². The van der Waals surface area contributed by atoms with Crippen molar-refractivity contribution in [3.05, 3.63) is 40.8 Å². The minimum Gasteiger partial charge on any atom is -0.487 e. The standard InChI is InChI=1S/C17H21N3O3S/c1-12(16-6-3-7-22-16)19-17(21)20-13-4-2-5-15(8-13)23-9-14-10-24-11-18-14/h2,4-5,8,10-12,16H,3,6-7,9H2,1H3,(H2,19,20,21)/t12-,16+/m0/s1. The van der Waals surface area contributed by atoms with Gasteiger partial charge in [0.05, 0.1) is 23.4 Å². The first-order chi connectivity index (χ1) is 11.7. The third-order valence-corrected chi connectivity index (χ3v) is 4.48. The molecule has 2 N–H and O–H groups in total. The Kier molecular flexibility index (Phi) is 5.66. The molecule has 128 valence electrons. The van der Waals surface area contributed by atoms with E-state index in [1.54, 1.807) is 11.6 Å². The average molecular weight is 347 g/mol. The average Bonchev–Trinajstić information content (AvgIpc) is 3.27. The summed E-state index contributed by atoms with van der Waals surface area (Å²) in [6.07, 6.45) is 2.14. The summed E-state index contributed by atoms with van der Waals surface area (Å²) in [5.74, 6) is 0.688. The highest BCUT2D eigenvalue weighted by molar-refractivity contribution is 7.07. The fourth-order valence-corrected chi connectivity index (χ4v) is 3.14. The molecule has 1 aliphatic heterocycles. The van der Waals surface area contributed by atoms with Crippen molar-refractivity contribution < 1.29 is 14.3 Å². The lowest BCUT2D eigenvalue weighted by atomic mass is 10.1. The summed E-state index contributed by atoms with van der Waals surface area (Å²) in [6, 6.07) is 7.06. The number of urea groups is 1. The van der Waals surface area contributed by atoms with Gasteiger partial charge in [0.25, 0.3) is 0 Å². The number of hydrogen-bond acceptors (Lipinski definition) is 5. The van der Waals surface area contributed by atoms with Crippen LogP contribution in [-0.2, 0) is 11.3 Å². The van der Waals surface area contributed by atoms with Crippen molar-refractivity contribution in [2.45, 2.75) is 38.5 Å². The highest BCUT2D eigenvalue weighted by atomic mass is 32.1. The fraction of sp³-hybridized carbons (Fsp3) is 0.412. The van der Waals surface area contributed by atoms with Crippen molar-refractivity contribution in [1.82, 2.24) is 10.3 Å². The molecule has 0 spiro atoms. The maximum atomic E-state index is 12.1. The second-order valence-corrected chi connectivity index (χ2v) is 6.45. The Bertz CT molecular complexity index is 657. The van der Waals surface area contributed by atoms with Crippen LogP contribution in [0.3, 0.4) is 0 Å². The van der Waals surface area contributed by atoms with Crippen LogP contribution in [0, 0.1) is 0 Å². The number of rotatable bonds is 6. The zero-order chi connectivity index (χ0) is 16.8. The third kappa shape index (κ3) is 4.69. The van der Waals surface area contributed by atoms with E-state index < -0.39 is 0 Å². The van der Waals surface area contributed by atoms with Gasteiger partial charge in [0.15, 0.2) is 0 Å². The van der Waals surface area contributed by atoms with Crippen LogP contribution in [0.15, 0.2) is 35.2 Å². The molecule has 2 heterocycles. The van der Waals surface area contributed by atoms with Crippen LogP contribution in [0.1, 0.15) is 25.5 Å². The van der Waals surface area contributed by atoms with Crippen molar-refractivity contribution >= 4 is 23.1 Å². The van der Waals surface area contributed by atoms with Gasteiger partial charge in [-0.3, -0.25) is 0 Å². The summed E-state index contributed by atoms with van der Waals surface area (Å²) >= 11 is 1.54. The first kappa shape index (κ1) is 16.7. The van der Waals surface area contributed by atoms with E-state index in [-0.39, 0.29) is 18.2 Å². The minimum absolute atomic E-state index is 0.0170. The molecule has 2 amide bonds. The van der Waals surface area contributed by atoms with E-state index in [0.29, 0.717) is 18.0 Å². The lowest BCUT2D eigenvalue weighted by molar-refractivity contribution is 0.0868. The molecule has 2 aromatic rings. The van der Waals surface area contributed by atoms with Gasteiger partial charge in [0.2, 0.25) is 0 Å². The van der Waals surface area contributed by atoms with E-state index in [1.165, 1.54) is 11.3 Å². The highest BCUT2D eigenvalue weighted by Crippen LogP contribution is 2.19. The zero-order valence-corrected chi connectivity index (χ0v) is 14.3. The quantitative estimate of drug-likeness (QED) is 0.840. The van der Waals surface area contributed by atoms with Crippen molar-refractivity contribution in [2.75, 3.05) is 11.9 Å². The number of ether oxygens (including phenoxy) is 2. The highest BCUT2D eigenvalue weighted by Gasteiger charge is 2.23. The summed E-state index contributed by atoms with van der Waals surface area (Å²) < 4.78 is 11.3. The molecule has 0 bridgehead atoms. The predicted octanol–water partition coefficient (Wildman–Crippen LogP) is 3.41. The molecule has 3 rings (SSSR count). The van der Waals surface area contributed by atoms with E-state index in [0.717, 1.165) is 25.1 Å². The minimum atomic E-state index is -0.241. The number of carbonyl (C=O) groups is 1. The van der Waals surface area contributed by atoms with Gasteiger partial charge in [-0.2, -0.15) is 0 Å². The number of benzene rings is 1. The molecule has 0 aliphatic carbocycles. The van der Waals surface area contributed by atoms with Gasteiger partial charge in [0.1, 0.15) is 12.4 Å². The normalized spacial score (nSPS) is 18.1. The lowest BCUT2D eigenvalue weighted by Gasteiger charge is -2.20. The summed E-state index contributed by atoms with van der Waals surface area (Å²) in [4.78, 5) is 16.3. The number of amides is 2. The van der Waals surface area contributed by atoms with Crippen LogP contribution < -0.4 is 15.4 Å². The summed E-state index contributed by atoms with van der Waals surface area (Å²) in [5.41, 5.74) is 3.35. The van der Waals surface area contributed by atoms with Crippen molar-refractivity contribution in [3.8, 4) is 5.75 Å². The summed E-state index contributed by atoms with van der Waals surface area (Å²) in [6.45, 7) is 3.15. The van der Waals surface area contributed by atoms with E-state index in [2.05, 4.69) is 15.6 Å². The Morgan fingerprint density at radius 1 is 1.54 bits per heavy atom. The van der Waals surface area contributed by atoms with Crippen molar-refractivity contribution in [1.29, 1.82) is 0 Å². The Morgan fingerprint density at radius 3 is 3.21 bits per heavy atom. The monoisotopic (exact) mass is 347 g/mol. The second-order valence-electron chi connectivity index (χ2n) is 5.73. The van der Waals surface area contributed by atoms with Crippen LogP contribution in [0.2, 0.25) is 0 Å². The number of nitrogens with one attached hydrogen (secondary N) is 2. The topological polar surface area (TPSA) is 72.5 Å². The zero-order valence-electron chi connectivity index (χ0n) is 13.5. The van der Waals surface area contributed by atoms with E-state index in [1.807, 2.05) is 30.5 Å². The van der Waals surface area contributed by atoms with Gasteiger partial charge in [-0.05, 0) is 31.9 Å².